The highest BCUT2D eigenvalue weighted by Crippen LogP contribution is 2.32. The van der Waals surface area contributed by atoms with E-state index in [0.29, 0.717) is 25.7 Å². The Balaban J connectivity index is 0.00000212. The van der Waals surface area contributed by atoms with Crippen LogP contribution < -0.4 is 14.2 Å². The number of para-hydroxylation sites is 2. The van der Waals surface area contributed by atoms with E-state index < -0.39 is 0 Å². The monoisotopic (exact) mass is 624 g/mol. The van der Waals surface area contributed by atoms with E-state index in [-0.39, 0.29) is 45.2 Å². The fourth-order valence-corrected chi connectivity index (χ4v) is 6.12. The van der Waals surface area contributed by atoms with Gasteiger partial charge in [-0.15, -0.1) is 0 Å². The molecular weight excluding hydrogens is 581 g/mol. The van der Waals surface area contributed by atoms with E-state index >= 15 is 0 Å². The lowest BCUT2D eigenvalue weighted by Gasteiger charge is -2.35. The SMILES string of the molecule is O=C1OC[C@H](Cc2ccc(OCc3ccccc3)cc2)N1CCCC1CCN(C[C@H]2COc3ccccc3O2)CC1.S.S. The summed E-state index contributed by atoms with van der Waals surface area (Å²) in [5.74, 6) is 3.25. The number of rotatable bonds is 11. The molecule has 0 N–H and O–H groups in total. The van der Waals surface area contributed by atoms with Crippen molar-refractivity contribution in [1.82, 2.24) is 9.80 Å². The third-order valence-corrected chi connectivity index (χ3v) is 8.47. The molecule has 0 unspecified atom stereocenters. The molecule has 2 fully saturated rings. The first-order valence-electron chi connectivity index (χ1n) is 15.0. The number of likely N-dealkylation sites (tertiary alicyclic amines) is 1. The summed E-state index contributed by atoms with van der Waals surface area (Å²) in [7, 11) is 0. The zero-order chi connectivity index (χ0) is 27.9. The molecule has 2 saturated heterocycles. The highest BCUT2D eigenvalue weighted by Gasteiger charge is 2.33. The Labute approximate surface area is 269 Å². The summed E-state index contributed by atoms with van der Waals surface area (Å²) < 4.78 is 23.4. The van der Waals surface area contributed by atoms with Crippen molar-refractivity contribution in [2.45, 2.75) is 50.9 Å². The predicted molar refractivity (Wildman–Crippen MR) is 178 cm³/mol. The summed E-state index contributed by atoms with van der Waals surface area (Å²) in [5, 5.41) is 0. The van der Waals surface area contributed by atoms with Crippen LogP contribution in [0, 0.1) is 5.92 Å². The second-order valence-corrected chi connectivity index (χ2v) is 11.4. The molecule has 0 bridgehead atoms. The molecule has 0 aliphatic carbocycles. The van der Waals surface area contributed by atoms with Crippen molar-refractivity contribution in [3.8, 4) is 17.2 Å². The molecule has 3 aromatic carbocycles. The predicted octanol–water partition coefficient (Wildman–Crippen LogP) is 6.19. The minimum Gasteiger partial charge on any atom is -0.489 e. The van der Waals surface area contributed by atoms with Crippen LogP contribution in [0.1, 0.15) is 36.8 Å². The number of hydrogen-bond acceptors (Lipinski definition) is 6. The number of hydrogen-bond donors (Lipinski definition) is 0. The molecule has 1 amide bonds. The number of carbonyl (C=O) groups is 1. The molecule has 9 heteroatoms. The van der Waals surface area contributed by atoms with E-state index in [0.717, 1.165) is 68.3 Å². The quantitative estimate of drug-likeness (QED) is 0.254. The topological polar surface area (TPSA) is 60.5 Å². The minimum absolute atomic E-state index is 0. The molecule has 232 valence electrons. The Bertz CT molecular complexity index is 1270. The molecule has 0 radical (unpaired) electrons. The van der Waals surface area contributed by atoms with E-state index in [1.807, 2.05) is 59.5 Å². The maximum Gasteiger partial charge on any atom is 0.410 e. The number of ether oxygens (including phenoxy) is 4. The van der Waals surface area contributed by atoms with Gasteiger partial charge in [-0.3, -0.25) is 4.90 Å². The standard InChI is InChI=1S/C34H40N2O5.2H2S/c37-34-36(29(24-40-34)21-27-12-14-30(15-13-27)38-23-28-7-2-1-3-8-28)18-6-9-26-16-19-35(20-17-26)22-31-25-39-32-10-4-5-11-33(32)41-31;;/h1-5,7-8,10-15,26,29,31H,6,9,16-25H2;2*1H2/t29-,31-;;/m0../s1. The maximum atomic E-state index is 12.5. The van der Waals surface area contributed by atoms with Crippen LogP contribution in [0.2, 0.25) is 0 Å². The summed E-state index contributed by atoms with van der Waals surface area (Å²) in [6.45, 7) is 5.46. The van der Waals surface area contributed by atoms with Crippen molar-refractivity contribution in [1.29, 1.82) is 0 Å². The molecule has 3 aliphatic rings. The normalized spacial score (nSPS) is 20.1. The molecular formula is C34H44N2O5S2. The molecule has 3 aliphatic heterocycles. The zero-order valence-electron chi connectivity index (χ0n) is 24.7. The van der Waals surface area contributed by atoms with Gasteiger partial charge in [-0.25, -0.2) is 4.79 Å². The summed E-state index contributed by atoms with van der Waals surface area (Å²) in [6, 6.07) is 26.4. The Hall–Kier alpha value is -3.01. The highest BCUT2D eigenvalue weighted by molar-refractivity contribution is 7.59. The van der Waals surface area contributed by atoms with Crippen molar-refractivity contribution in [2.24, 2.45) is 5.92 Å². The Morgan fingerprint density at radius 2 is 1.51 bits per heavy atom. The average Bonchev–Trinajstić information content (AvgIpc) is 3.36. The molecule has 7 nitrogen and oxygen atoms in total. The van der Waals surface area contributed by atoms with Crippen molar-refractivity contribution in [2.75, 3.05) is 39.4 Å². The third-order valence-electron chi connectivity index (χ3n) is 8.47. The average molecular weight is 625 g/mol. The summed E-state index contributed by atoms with van der Waals surface area (Å²) in [4.78, 5) is 16.9. The van der Waals surface area contributed by atoms with Crippen LogP contribution in [0.25, 0.3) is 0 Å². The van der Waals surface area contributed by atoms with Gasteiger partial charge in [0, 0.05) is 13.1 Å². The number of amides is 1. The van der Waals surface area contributed by atoms with Crippen LogP contribution in [0.4, 0.5) is 4.79 Å². The maximum absolute atomic E-state index is 12.5. The molecule has 0 aromatic heterocycles. The third kappa shape index (κ3) is 9.00. The van der Waals surface area contributed by atoms with Gasteiger partial charge in [0.2, 0.25) is 0 Å². The lowest BCUT2D eigenvalue weighted by Crippen LogP contribution is -2.44. The van der Waals surface area contributed by atoms with Crippen LogP contribution in [0.5, 0.6) is 17.2 Å². The van der Waals surface area contributed by atoms with Crippen LogP contribution in [0.15, 0.2) is 78.9 Å². The molecule has 0 saturated carbocycles. The number of piperidine rings is 1. The number of cyclic esters (lactones) is 1. The van der Waals surface area contributed by atoms with Gasteiger partial charge in [-0.2, -0.15) is 27.0 Å². The van der Waals surface area contributed by atoms with E-state index in [4.69, 9.17) is 18.9 Å². The van der Waals surface area contributed by atoms with Gasteiger partial charge in [0.1, 0.15) is 31.7 Å². The fourth-order valence-electron chi connectivity index (χ4n) is 6.12. The van der Waals surface area contributed by atoms with E-state index in [1.165, 1.54) is 18.4 Å². The van der Waals surface area contributed by atoms with E-state index in [1.54, 1.807) is 0 Å². The summed E-state index contributed by atoms with van der Waals surface area (Å²) in [5.41, 5.74) is 2.34. The lowest BCUT2D eigenvalue weighted by molar-refractivity contribution is 0.0469. The lowest BCUT2D eigenvalue weighted by atomic mass is 9.92. The van der Waals surface area contributed by atoms with Gasteiger partial charge in [0.15, 0.2) is 11.5 Å². The smallest absolute Gasteiger partial charge is 0.410 e. The van der Waals surface area contributed by atoms with Crippen LogP contribution >= 0.6 is 27.0 Å². The van der Waals surface area contributed by atoms with E-state index in [9.17, 15) is 4.79 Å². The van der Waals surface area contributed by atoms with Crippen LogP contribution in [-0.4, -0.2) is 67.4 Å². The molecule has 2 atom stereocenters. The van der Waals surface area contributed by atoms with Crippen molar-refractivity contribution in [3.63, 3.8) is 0 Å². The second kappa shape index (κ2) is 16.2. The van der Waals surface area contributed by atoms with Crippen LogP contribution in [-0.2, 0) is 17.8 Å². The Morgan fingerprint density at radius 3 is 2.28 bits per heavy atom. The molecule has 43 heavy (non-hydrogen) atoms. The number of benzene rings is 3. The summed E-state index contributed by atoms with van der Waals surface area (Å²) in [6.07, 6.45) is 5.24. The van der Waals surface area contributed by atoms with Gasteiger partial charge >= 0.3 is 6.09 Å². The fraction of sp³-hybridized carbons (Fsp3) is 0.441. The molecule has 3 aromatic rings. The van der Waals surface area contributed by atoms with Crippen molar-refractivity contribution < 1.29 is 23.7 Å². The molecule has 3 heterocycles. The van der Waals surface area contributed by atoms with Gasteiger partial charge in [0.25, 0.3) is 0 Å². The van der Waals surface area contributed by atoms with E-state index in [2.05, 4.69) is 29.2 Å². The molecule has 6 rings (SSSR count). The van der Waals surface area contributed by atoms with Gasteiger partial charge in [-0.05, 0) is 86.5 Å². The summed E-state index contributed by atoms with van der Waals surface area (Å²) >= 11 is 0. The first-order chi connectivity index (χ1) is 20.2. The highest BCUT2D eigenvalue weighted by atomic mass is 32.1. The van der Waals surface area contributed by atoms with Crippen LogP contribution in [0.3, 0.4) is 0 Å². The van der Waals surface area contributed by atoms with Crippen molar-refractivity contribution >= 4 is 33.1 Å². The number of carbonyl (C=O) groups excluding carboxylic acids is 1. The largest absolute Gasteiger partial charge is 0.489 e. The van der Waals surface area contributed by atoms with Crippen molar-refractivity contribution in [3.05, 3.63) is 90.0 Å². The second-order valence-electron chi connectivity index (χ2n) is 11.4. The minimum atomic E-state index is -0.177. The zero-order valence-corrected chi connectivity index (χ0v) is 26.7. The first-order valence-corrected chi connectivity index (χ1v) is 15.0. The number of nitrogens with zero attached hydrogens (tertiary/aromatic N) is 2. The number of fused-ring (bicyclic) bond motifs is 1. The Morgan fingerprint density at radius 1 is 0.791 bits per heavy atom. The van der Waals surface area contributed by atoms with Gasteiger partial charge in [0.05, 0.1) is 6.04 Å². The Kier molecular flexibility index (Phi) is 12.4. The van der Waals surface area contributed by atoms with Gasteiger partial charge in [-0.1, -0.05) is 54.6 Å². The van der Waals surface area contributed by atoms with Gasteiger partial charge < -0.3 is 23.8 Å². The first kappa shape index (κ1) is 32.9. The molecule has 0 spiro atoms.